The van der Waals surface area contributed by atoms with Gasteiger partial charge in [0, 0.05) is 36.1 Å². The molecule has 0 radical (unpaired) electrons. The summed E-state index contributed by atoms with van der Waals surface area (Å²) in [5.41, 5.74) is -2.48. The molecular weight excluding hydrogens is 556 g/mol. The molecule has 2 aromatic carbocycles. The van der Waals surface area contributed by atoms with Gasteiger partial charge in [0.1, 0.15) is 23.7 Å². The van der Waals surface area contributed by atoms with Gasteiger partial charge in [0.15, 0.2) is 5.60 Å². The Hall–Kier alpha value is -3.98. The molecule has 220 valence electrons. The summed E-state index contributed by atoms with van der Waals surface area (Å²) in [7, 11) is 0. The zero-order valence-corrected chi connectivity index (χ0v) is 22.4. The Morgan fingerprint density at radius 2 is 1.74 bits per heavy atom. The number of amides is 3. The Kier molecular flexibility index (Phi) is 6.76. The quantitative estimate of drug-likeness (QED) is 0.467. The van der Waals surface area contributed by atoms with Crippen LogP contribution in [0.3, 0.4) is 0 Å². The number of benzene rings is 2. The van der Waals surface area contributed by atoms with Gasteiger partial charge in [0.2, 0.25) is 11.8 Å². The van der Waals surface area contributed by atoms with E-state index in [0.29, 0.717) is 19.4 Å². The lowest BCUT2D eigenvalue weighted by Crippen LogP contribution is -2.70. The van der Waals surface area contributed by atoms with Gasteiger partial charge in [-0.15, -0.1) is 0 Å². The van der Waals surface area contributed by atoms with Crippen LogP contribution in [0.25, 0.3) is 11.1 Å². The SMILES string of the molecule is N#C[C@H](C[C@@H]1CCCNC1=O)NC(=O)[C@H]1[C@@H]2CC[C@@H](CC2(F)F)N1C(=O)C1(O)c2cc(F)ccc2-c2ccc(F)cc21. The predicted octanol–water partition coefficient (Wildman–Crippen LogP) is 3.12. The number of fused-ring (bicyclic) bond motifs is 6. The lowest BCUT2D eigenvalue weighted by atomic mass is 9.70. The first-order valence-corrected chi connectivity index (χ1v) is 14.0. The largest absolute Gasteiger partial charge is 0.372 e. The van der Waals surface area contributed by atoms with Gasteiger partial charge in [-0.1, -0.05) is 12.1 Å². The van der Waals surface area contributed by atoms with Gasteiger partial charge in [-0.2, -0.15) is 5.26 Å². The molecule has 5 atom stereocenters. The van der Waals surface area contributed by atoms with E-state index in [1.165, 1.54) is 12.1 Å². The smallest absolute Gasteiger partial charge is 0.264 e. The molecule has 2 aromatic rings. The van der Waals surface area contributed by atoms with E-state index < -0.39 is 71.4 Å². The van der Waals surface area contributed by atoms with Crippen molar-refractivity contribution in [2.45, 2.75) is 68.2 Å². The van der Waals surface area contributed by atoms with Crippen LogP contribution in [0.4, 0.5) is 17.6 Å². The number of hydrogen-bond donors (Lipinski definition) is 3. The average molecular weight is 585 g/mol. The molecule has 3 aliphatic heterocycles. The van der Waals surface area contributed by atoms with Crippen LogP contribution in [0.15, 0.2) is 36.4 Å². The minimum Gasteiger partial charge on any atom is -0.372 e. The van der Waals surface area contributed by atoms with Crippen LogP contribution in [0.2, 0.25) is 0 Å². The maximum atomic E-state index is 15.2. The Labute approximate surface area is 238 Å². The number of hydrogen-bond acceptors (Lipinski definition) is 5. The van der Waals surface area contributed by atoms with Gasteiger partial charge in [-0.3, -0.25) is 14.4 Å². The molecule has 0 unspecified atom stereocenters. The van der Waals surface area contributed by atoms with Gasteiger partial charge < -0.3 is 20.6 Å². The molecule has 0 spiro atoms. The number of nitrogens with one attached hydrogen (secondary N) is 2. The second-order valence-corrected chi connectivity index (χ2v) is 11.6. The Bertz CT molecular complexity index is 1470. The van der Waals surface area contributed by atoms with Gasteiger partial charge >= 0.3 is 0 Å². The molecule has 2 aliphatic carbocycles. The van der Waals surface area contributed by atoms with E-state index in [1.54, 1.807) is 0 Å². The van der Waals surface area contributed by atoms with Crippen LogP contribution in [-0.2, 0) is 20.0 Å². The van der Waals surface area contributed by atoms with E-state index in [0.717, 1.165) is 29.2 Å². The molecule has 42 heavy (non-hydrogen) atoms. The topological polar surface area (TPSA) is 123 Å². The highest BCUT2D eigenvalue weighted by Gasteiger charge is 2.63. The van der Waals surface area contributed by atoms with Crippen molar-refractivity contribution < 1.29 is 37.1 Å². The lowest BCUT2D eigenvalue weighted by molar-refractivity contribution is -0.201. The minimum absolute atomic E-state index is 0.0392. The molecule has 2 bridgehead atoms. The van der Waals surface area contributed by atoms with E-state index in [1.807, 2.05) is 6.07 Å². The number of nitriles is 1. The standard InChI is InChI=1S/C30H28F4N4O4/c31-16-3-6-20-21-7-4-17(32)12-24(21)30(42,23(20)11-16)28(41)38-19-5-8-22(29(33,34)13-19)25(38)27(40)37-18(14-35)10-15-2-1-9-36-26(15)39/h3-4,6-7,11-12,15,18-19,22,25,42H,1-2,5,8-10,13H2,(H,36,39)(H,37,40)/t15-,18-,19-,22-,25+/m0/s1. The summed E-state index contributed by atoms with van der Waals surface area (Å²) in [5.74, 6) is -9.48. The maximum Gasteiger partial charge on any atom is 0.264 e. The van der Waals surface area contributed by atoms with Crippen LogP contribution in [0.5, 0.6) is 0 Å². The van der Waals surface area contributed by atoms with Crippen molar-refractivity contribution in [1.82, 2.24) is 15.5 Å². The molecule has 3 N–H and O–H groups in total. The van der Waals surface area contributed by atoms with Crippen LogP contribution in [0.1, 0.15) is 49.7 Å². The van der Waals surface area contributed by atoms with Crippen molar-refractivity contribution in [3.63, 3.8) is 0 Å². The number of piperidine rings is 3. The van der Waals surface area contributed by atoms with Crippen molar-refractivity contribution >= 4 is 17.7 Å². The Morgan fingerprint density at radius 3 is 2.31 bits per heavy atom. The molecule has 5 aliphatic rings. The highest BCUT2D eigenvalue weighted by Crippen LogP contribution is 2.54. The van der Waals surface area contributed by atoms with Crippen molar-refractivity contribution in [2.75, 3.05) is 6.54 Å². The van der Waals surface area contributed by atoms with E-state index in [-0.39, 0.29) is 47.4 Å². The summed E-state index contributed by atoms with van der Waals surface area (Å²) in [6.45, 7) is 0.499. The van der Waals surface area contributed by atoms with Gasteiger partial charge in [-0.25, -0.2) is 17.6 Å². The fourth-order valence-corrected chi connectivity index (χ4v) is 7.21. The summed E-state index contributed by atoms with van der Waals surface area (Å²) < 4.78 is 59.4. The monoisotopic (exact) mass is 584 g/mol. The number of carbonyl (C=O) groups excluding carboxylic acids is 3. The average Bonchev–Trinajstić information content (AvgIpc) is 3.20. The molecular formula is C30H28F4N4O4. The summed E-state index contributed by atoms with van der Waals surface area (Å²) in [5, 5.41) is 27.0. The molecule has 8 nitrogen and oxygen atoms in total. The number of halogens is 4. The summed E-state index contributed by atoms with van der Waals surface area (Å²) in [6, 6.07) is 4.60. The van der Waals surface area contributed by atoms with Crippen molar-refractivity contribution in [3.8, 4) is 17.2 Å². The van der Waals surface area contributed by atoms with E-state index in [2.05, 4.69) is 10.6 Å². The summed E-state index contributed by atoms with van der Waals surface area (Å²) in [6.07, 6.45) is 0.432. The highest BCUT2D eigenvalue weighted by atomic mass is 19.3. The van der Waals surface area contributed by atoms with Gasteiger partial charge in [0.05, 0.1) is 12.0 Å². The van der Waals surface area contributed by atoms with Crippen molar-refractivity contribution in [3.05, 3.63) is 59.2 Å². The highest BCUT2D eigenvalue weighted by molar-refractivity contribution is 6.01. The first kappa shape index (κ1) is 28.2. The third-order valence-electron chi connectivity index (χ3n) is 9.17. The molecule has 3 saturated heterocycles. The van der Waals surface area contributed by atoms with Crippen molar-refractivity contribution in [2.24, 2.45) is 11.8 Å². The predicted molar refractivity (Wildman–Crippen MR) is 139 cm³/mol. The second-order valence-electron chi connectivity index (χ2n) is 11.6. The third-order valence-corrected chi connectivity index (χ3v) is 9.17. The third kappa shape index (κ3) is 4.33. The molecule has 0 aromatic heterocycles. The number of alkyl halides is 2. The van der Waals surface area contributed by atoms with E-state index in [9.17, 15) is 33.5 Å². The fourth-order valence-electron chi connectivity index (χ4n) is 7.21. The maximum absolute atomic E-state index is 15.2. The van der Waals surface area contributed by atoms with Gasteiger partial charge in [0.25, 0.3) is 11.8 Å². The minimum atomic E-state index is -3.32. The number of carbonyl (C=O) groups is 3. The first-order valence-electron chi connectivity index (χ1n) is 14.0. The number of aliphatic hydroxyl groups is 1. The second kappa shape index (κ2) is 10.1. The molecule has 12 heteroatoms. The normalized spacial score (nSPS) is 27.3. The van der Waals surface area contributed by atoms with Crippen LogP contribution in [-0.4, -0.2) is 58.3 Å². The summed E-state index contributed by atoms with van der Waals surface area (Å²) >= 11 is 0. The molecule has 1 saturated carbocycles. The number of nitrogens with zero attached hydrogens (tertiary/aromatic N) is 2. The van der Waals surface area contributed by atoms with Crippen molar-refractivity contribution in [1.29, 1.82) is 5.26 Å². The molecule has 4 fully saturated rings. The van der Waals surface area contributed by atoms with Crippen LogP contribution in [0, 0.1) is 34.8 Å². The van der Waals surface area contributed by atoms with Crippen LogP contribution < -0.4 is 10.6 Å². The zero-order chi connectivity index (χ0) is 30.0. The lowest BCUT2D eigenvalue weighted by Gasteiger charge is -2.54. The van der Waals surface area contributed by atoms with Crippen LogP contribution >= 0.6 is 0 Å². The first-order chi connectivity index (χ1) is 20.0. The Balaban J connectivity index is 1.38. The van der Waals surface area contributed by atoms with E-state index in [4.69, 9.17) is 0 Å². The van der Waals surface area contributed by atoms with Gasteiger partial charge in [-0.05, 0) is 67.5 Å². The molecule has 3 heterocycles. The molecule has 3 amide bonds. The number of rotatable bonds is 5. The Morgan fingerprint density at radius 1 is 1.10 bits per heavy atom. The fraction of sp³-hybridized carbons (Fsp3) is 0.467. The summed E-state index contributed by atoms with van der Waals surface area (Å²) in [4.78, 5) is 41.3. The molecule has 7 rings (SSSR count). The zero-order valence-electron chi connectivity index (χ0n) is 22.4. The van der Waals surface area contributed by atoms with E-state index >= 15 is 8.78 Å².